The molecule has 1 rings (SSSR count). The molecule has 0 bridgehead atoms. The van der Waals surface area contributed by atoms with Gasteiger partial charge in [-0.2, -0.15) is 0 Å². The van der Waals surface area contributed by atoms with Crippen molar-refractivity contribution in [2.45, 2.75) is 51.7 Å². The molecule has 1 saturated heterocycles. The third-order valence-electron chi connectivity index (χ3n) is 2.23. The van der Waals surface area contributed by atoms with Gasteiger partial charge in [0.05, 0.1) is 6.10 Å². The highest BCUT2D eigenvalue weighted by molar-refractivity contribution is 5.87. The van der Waals surface area contributed by atoms with Crippen LogP contribution in [0.5, 0.6) is 0 Å². The van der Waals surface area contributed by atoms with E-state index in [4.69, 9.17) is 4.74 Å². The summed E-state index contributed by atoms with van der Waals surface area (Å²) in [5.41, 5.74) is 0. The maximum absolute atomic E-state index is 10.6. The summed E-state index contributed by atoms with van der Waals surface area (Å²) in [4.78, 5) is 10.6. The number of hydrogen-bond donors (Lipinski definition) is 0. The largest absolute Gasteiger partial charge is 0.365 e. The highest BCUT2D eigenvalue weighted by Crippen LogP contribution is 2.28. The highest BCUT2D eigenvalue weighted by atomic mass is 16.6. The van der Waals surface area contributed by atoms with E-state index in [1.165, 1.54) is 19.3 Å². The number of epoxide rings is 1. The first-order valence-electron chi connectivity index (χ1n) is 5.08. The number of ether oxygens (including phenoxy) is 1. The van der Waals surface area contributed by atoms with Gasteiger partial charge >= 0.3 is 0 Å². The van der Waals surface area contributed by atoms with E-state index >= 15 is 0 Å². The number of hydrogen-bond acceptors (Lipinski definition) is 2. The van der Waals surface area contributed by atoms with E-state index in [9.17, 15) is 4.79 Å². The third kappa shape index (κ3) is 4.23. The zero-order chi connectivity index (χ0) is 9.68. The summed E-state index contributed by atoms with van der Waals surface area (Å²) < 4.78 is 5.37. The molecule has 2 heteroatoms. The molecule has 74 valence electrons. The fourth-order valence-electron chi connectivity index (χ4n) is 1.38. The summed E-state index contributed by atoms with van der Waals surface area (Å²) in [6, 6.07) is 0. The van der Waals surface area contributed by atoms with Crippen molar-refractivity contribution in [2.24, 2.45) is 0 Å². The normalized spacial score (nSPS) is 26.6. The van der Waals surface area contributed by atoms with Crippen molar-refractivity contribution in [3.63, 3.8) is 0 Å². The minimum Gasteiger partial charge on any atom is -0.365 e. The van der Waals surface area contributed by atoms with Crippen LogP contribution in [0, 0.1) is 0 Å². The van der Waals surface area contributed by atoms with Crippen molar-refractivity contribution < 1.29 is 9.53 Å². The molecule has 2 nitrogen and oxygen atoms in total. The van der Waals surface area contributed by atoms with Crippen molar-refractivity contribution in [1.29, 1.82) is 0 Å². The molecule has 0 aromatic carbocycles. The quantitative estimate of drug-likeness (QED) is 0.359. The third-order valence-corrected chi connectivity index (χ3v) is 2.23. The SMILES string of the molecule is CCCCC[C@H]1O[C@H]1/C=C/C(C)=O. The van der Waals surface area contributed by atoms with E-state index in [0.29, 0.717) is 6.10 Å². The minimum atomic E-state index is 0.0998. The fraction of sp³-hybridized carbons (Fsp3) is 0.727. The van der Waals surface area contributed by atoms with Crippen LogP contribution >= 0.6 is 0 Å². The van der Waals surface area contributed by atoms with Gasteiger partial charge in [-0.15, -0.1) is 0 Å². The van der Waals surface area contributed by atoms with Gasteiger partial charge in [0.25, 0.3) is 0 Å². The first-order valence-corrected chi connectivity index (χ1v) is 5.08. The average molecular weight is 182 g/mol. The van der Waals surface area contributed by atoms with Crippen molar-refractivity contribution in [1.82, 2.24) is 0 Å². The average Bonchev–Trinajstić information content (AvgIpc) is 2.81. The Hall–Kier alpha value is -0.630. The molecule has 13 heavy (non-hydrogen) atoms. The zero-order valence-corrected chi connectivity index (χ0v) is 8.45. The number of carbonyl (C=O) groups is 1. The monoisotopic (exact) mass is 182 g/mol. The first kappa shape index (κ1) is 10.5. The van der Waals surface area contributed by atoms with Crippen LogP contribution < -0.4 is 0 Å². The standard InChI is InChI=1S/C11H18O2/c1-3-4-5-6-10-11(13-10)8-7-9(2)12/h7-8,10-11H,3-6H2,1-2H3/b8-7+/t10-,11+/m1/s1. The van der Waals surface area contributed by atoms with Gasteiger partial charge in [0, 0.05) is 0 Å². The first-order chi connectivity index (χ1) is 6.24. The molecule has 1 fully saturated rings. The van der Waals surface area contributed by atoms with Crippen molar-refractivity contribution >= 4 is 5.78 Å². The number of carbonyl (C=O) groups excluding carboxylic acids is 1. The number of unbranched alkanes of at least 4 members (excludes halogenated alkanes) is 2. The summed E-state index contributed by atoms with van der Waals surface area (Å²) in [6.45, 7) is 3.76. The molecule has 0 saturated carbocycles. The second-order valence-corrected chi connectivity index (χ2v) is 3.60. The van der Waals surface area contributed by atoms with E-state index < -0.39 is 0 Å². The Labute approximate surface area is 80.0 Å². The van der Waals surface area contributed by atoms with Gasteiger partial charge in [0.2, 0.25) is 0 Å². The van der Waals surface area contributed by atoms with Gasteiger partial charge < -0.3 is 4.74 Å². The van der Waals surface area contributed by atoms with Gasteiger partial charge in [0.1, 0.15) is 6.10 Å². The lowest BCUT2D eigenvalue weighted by molar-refractivity contribution is -0.112. The Morgan fingerprint density at radius 3 is 2.85 bits per heavy atom. The highest BCUT2D eigenvalue weighted by Gasteiger charge is 2.35. The van der Waals surface area contributed by atoms with Crippen molar-refractivity contribution in [2.75, 3.05) is 0 Å². The second kappa shape index (κ2) is 5.18. The Balaban J connectivity index is 2.05. The summed E-state index contributed by atoms with van der Waals surface area (Å²) in [7, 11) is 0. The van der Waals surface area contributed by atoms with Crippen LogP contribution in [0.1, 0.15) is 39.5 Å². The molecule has 0 aromatic rings. The molecule has 0 spiro atoms. The summed E-state index contributed by atoms with van der Waals surface area (Å²) >= 11 is 0. The molecule has 0 unspecified atom stereocenters. The van der Waals surface area contributed by atoms with Crippen molar-refractivity contribution in [3.8, 4) is 0 Å². The van der Waals surface area contributed by atoms with Crippen LogP contribution in [-0.2, 0) is 9.53 Å². The predicted molar refractivity (Wildman–Crippen MR) is 52.6 cm³/mol. The van der Waals surface area contributed by atoms with E-state index in [0.717, 1.165) is 6.42 Å². The van der Waals surface area contributed by atoms with Gasteiger partial charge in [-0.25, -0.2) is 0 Å². The lowest BCUT2D eigenvalue weighted by atomic mass is 10.1. The van der Waals surface area contributed by atoms with Crippen LogP contribution in [0.4, 0.5) is 0 Å². The summed E-state index contributed by atoms with van der Waals surface area (Å²) in [5.74, 6) is 0.0998. The molecular formula is C11H18O2. The molecule has 0 aliphatic carbocycles. The molecule has 0 amide bonds. The van der Waals surface area contributed by atoms with Crippen LogP contribution in [0.2, 0.25) is 0 Å². The van der Waals surface area contributed by atoms with E-state index in [1.54, 1.807) is 13.0 Å². The van der Waals surface area contributed by atoms with E-state index in [2.05, 4.69) is 6.92 Å². The lowest BCUT2D eigenvalue weighted by Crippen LogP contribution is -1.91. The maximum atomic E-state index is 10.6. The Morgan fingerprint density at radius 2 is 2.23 bits per heavy atom. The van der Waals surface area contributed by atoms with Gasteiger partial charge in [-0.05, 0) is 25.5 Å². The maximum Gasteiger partial charge on any atom is 0.152 e. The molecule has 0 aromatic heterocycles. The van der Waals surface area contributed by atoms with E-state index in [1.807, 2.05) is 6.08 Å². The van der Waals surface area contributed by atoms with Crippen LogP contribution in [0.3, 0.4) is 0 Å². The van der Waals surface area contributed by atoms with E-state index in [-0.39, 0.29) is 11.9 Å². The van der Waals surface area contributed by atoms with Gasteiger partial charge in [-0.3, -0.25) is 4.79 Å². The Morgan fingerprint density at radius 1 is 1.46 bits per heavy atom. The van der Waals surface area contributed by atoms with Crippen LogP contribution in [-0.4, -0.2) is 18.0 Å². The Bertz CT molecular complexity index is 196. The van der Waals surface area contributed by atoms with Gasteiger partial charge in [0.15, 0.2) is 5.78 Å². The van der Waals surface area contributed by atoms with Crippen LogP contribution in [0.15, 0.2) is 12.2 Å². The summed E-state index contributed by atoms with van der Waals surface area (Å²) in [5, 5.41) is 0. The lowest BCUT2D eigenvalue weighted by Gasteiger charge is -1.92. The predicted octanol–water partition coefficient (Wildman–Crippen LogP) is 2.48. The zero-order valence-electron chi connectivity index (χ0n) is 8.45. The van der Waals surface area contributed by atoms with Crippen molar-refractivity contribution in [3.05, 3.63) is 12.2 Å². The second-order valence-electron chi connectivity index (χ2n) is 3.60. The van der Waals surface area contributed by atoms with Gasteiger partial charge in [-0.1, -0.05) is 26.2 Å². The summed E-state index contributed by atoms with van der Waals surface area (Å²) in [6.07, 6.45) is 9.00. The minimum absolute atomic E-state index is 0.0998. The Kier molecular flexibility index (Phi) is 4.16. The molecule has 1 heterocycles. The molecule has 2 atom stereocenters. The topological polar surface area (TPSA) is 29.6 Å². The smallest absolute Gasteiger partial charge is 0.152 e. The fourth-order valence-corrected chi connectivity index (χ4v) is 1.38. The molecular weight excluding hydrogens is 164 g/mol. The molecule has 0 N–H and O–H groups in total. The number of rotatable bonds is 6. The number of ketones is 1. The molecule has 1 aliphatic heterocycles. The molecule has 1 aliphatic rings. The van der Waals surface area contributed by atoms with Crippen LogP contribution in [0.25, 0.3) is 0 Å². The number of allylic oxidation sites excluding steroid dienone is 1. The molecule has 0 radical (unpaired) electrons.